The van der Waals surface area contributed by atoms with Crippen molar-refractivity contribution in [2.24, 2.45) is 0 Å². The molecule has 1 fully saturated rings. The lowest BCUT2D eigenvalue weighted by Crippen LogP contribution is -2.49. The summed E-state index contributed by atoms with van der Waals surface area (Å²) in [6, 6.07) is 6.92. The van der Waals surface area contributed by atoms with Crippen LogP contribution < -0.4 is 0 Å². The van der Waals surface area contributed by atoms with E-state index < -0.39 is 0 Å². The highest BCUT2D eigenvalue weighted by atomic mass is 16.5. The van der Waals surface area contributed by atoms with Gasteiger partial charge in [-0.2, -0.15) is 0 Å². The van der Waals surface area contributed by atoms with Crippen molar-refractivity contribution in [3.63, 3.8) is 0 Å². The molecule has 1 saturated heterocycles. The summed E-state index contributed by atoms with van der Waals surface area (Å²) in [4.78, 5) is 2.60. The van der Waals surface area contributed by atoms with Gasteiger partial charge >= 0.3 is 0 Å². The molecule has 2 aliphatic rings. The molecule has 3 heteroatoms. The Morgan fingerprint density at radius 3 is 3.05 bits per heavy atom. The highest BCUT2D eigenvalue weighted by Crippen LogP contribution is 2.41. The van der Waals surface area contributed by atoms with Crippen LogP contribution in [0.25, 0.3) is 0 Å². The molecule has 1 N–H and O–H groups in total. The molecule has 1 aliphatic carbocycles. The first-order valence-electron chi connectivity index (χ1n) is 7.38. The van der Waals surface area contributed by atoms with E-state index >= 15 is 0 Å². The summed E-state index contributed by atoms with van der Waals surface area (Å²) >= 11 is 0. The highest BCUT2D eigenvalue weighted by Gasteiger charge is 2.36. The lowest BCUT2D eigenvalue weighted by Gasteiger charge is -2.42. The van der Waals surface area contributed by atoms with Crippen molar-refractivity contribution in [1.82, 2.24) is 4.90 Å². The van der Waals surface area contributed by atoms with Gasteiger partial charge < -0.3 is 9.84 Å². The molecule has 0 radical (unpaired) electrons. The highest BCUT2D eigenvalue weighted by molar-refractivity contribution is 5.44. The van der Waals surface area contributed by atoms with Crippen LogP contribution in [-0.4, -0.2) is 35.3 Å². The Balaban J connectivity index is 1.89. The van der Waals surface area contributed by atoms with Gasteiger partial charge in [0.25, 0.3) is 0 Å². The zero-order chi connectivity index (χ0) is 13.4. The predicted molar refractivity (Wildman–Crippen MR) is 75.4 cm³/mol. The monoisotopic (exact) mass is 261 g/mol. The van der Waals surface area contributed by atoms with E-state index in [4.69, 9.17) is 4.74 Å². The standard InChI is InChI=1S/C16H23NO2/c1-3-12-10-19-11(2)9-17(12)15-8-7-14-13(15)5-4-6-16(14)18/h4-6,11-12,15,18H,3,7-10H2,1-2H3. The topological polar surface area (TPSA) is 32.7 Å². The minimum Gasteiger partial charge on any atom is -0.508 e. The predicted octanol–water partition coefficient (Wildman–Crippen LogP) is 2.88. The SMILES string of the molecule is CCC1COC(C)CN1C1CCc2c(O)cccc21. The van der Waals surface area contributed by atoms with Crippen molar-refractivity contribution >= 4 is 0 Å². The van der Waals surface area contributed by atoms with Crippen LogP contribution >= 0.6 is 0 Å². The normalized spacial score (nSPS) is 31.4. The maximum atomic E-state index is 9.98. The Hall–Kier alpha value is -1.06. The number of benzene rings is 1. The van der Waals surface area contributed by atoms with Crippen molar-refractivity contribution < 1.29 is 9.84 Å². The zero-order valence-electron chi connectivity index (χ0n) is 11.8. The summed E-state index contributed by atoms with van der Waals surface area (Å²) in [6.07, 6.45) is 3.55. The summed E-state index contributed by atoms with van der Waals surface area (Å²) in [7, 11) is 0. The van der Waals surface area contributed by atoms with Crippen molar-refractivity contribution in [3.05, 3.63) is 29.3 Å². The molecule has 104 valence electrons. The number of phenolic OH excluding ortho intramolecular Hbond substituents is 1. The van der Waals surface area contributed by atoms with Crippen LogP contribution in [0.2, 0.25) is 0 Å². The van der Waals surface area contributed by atoms with Gasteiger partial charge in [-0.25, -0.2) is 0 Å². The van der Waals surface area contributed by atoms with Crippen molar-refractivity contribution in [1.29, 1.82) is 0 Å². The first kappa shape index (κ1) is 12.9. The molecule has 1 aromatic carbocycles. The molecule has 0 aromatic heterocycles. The third kappa shape index (κ3) is 2.26. The molecule has 3 atom stereocenters. The van der Waals surface area contributed by atoms with Gasteiger partial charge in [0.05, 0.1) is 12.7 Å². The second kappa shape index (κ2) is 5.14. The fourth-order valence-corrected chi connectivity index (χ4v) is 3.56. The fraction of sp³-hybridized carbons (Fsp3) is 0.625. The first-order valence-corrected chi connectivity index (χ1v) is 7.38. The van der Waals surface area contributed by atoms with E-state index in [2.05, 4.69) is 24.8 Å². The van der Waals surface area contributed by atoms with Crippen molar-refractivity contribution in [2.45, 2.75) is 51.3 Å². The van der Waals surface area contributed by atoms with Gasteiger partial charge in [-0.1, -0.05) is 19.1 Å². The van der Waals surface area contributed by atoms with E-state index in [0.29, 0.717) is 23.9 Å². The van der Waals surface area contributed by atoms with Gasteiger partial charge in [0, 0.05) is 18.6 Å². The third-order valence-electron chi connectivity index (χ3n) is 4.60. The first-order chi connectivity index (χ1) is 9.20. The molecule has 0 saturated carbocycles. The average molecular weight is 261 g/mol. The van der Waals surface area contributed by atoms with Gasteiger partial charge in [-0.3, -0.25) is 4.90 Å². The second-order valence-corrected chi connectivity index (χ2v) is 5.80. The summed E-state index contributed by atoms with van der Waals surface area (Å²) in [6.45, 7) is 6.22. The quantitative estimate of drug-likeness (QED) is 0.888. The molecule has 3 rings (SSSR count). The summed E-state index contributed by atoms with van der Waals surface area (Å²) in [5.74, 6) is 0.467. The molecular weight excluding hydrogens is 238 g/mol. The molecule has 19 heavy (non-hydrogen) atoms. The Kier molecular flexibility index (Phi) is 3.50. The number of phenols is 1. The smallest absolute Gasteiger partial charge is 0.119 e. The maximum absolute atomic E-state index is 9.98. The molecule has 3 unspecified atom stereocenters. The van der Waals surface area contributed by atoms with Crippen LogP contribution in [0.3, 0.4) is 0 Å². The molecule has 1 aromatic rings. The Bertz CT molecular complexity index is 460. The number of nitrogens with zero attached hydrogens (tertiary/aromatic N) is 1. The Labute approximate surface area is 115 Å². The van der Waals surface area contributed by atoms with Crippen LogP contribution in [-0.2, 0) is 11.2 Å². The number of ether oxygens (including phenoxy) is 1. The van der Waals surface area contributed by atoms with Crippen LogP contribution in [0.4, 0.5) is 0 Å². The number of hydrogen-bond donors (Lipinski definition) is 1. The number of aromatic hydroxyl groups is 1. The van der Waals surface area contributed by atoms with Crippen LogP contribution in [0.1, 0.15) is 43.9 Å². The Morgan fingerprint density at radius 2 is 2.26 bits per heavy atom. The Morgan fingerprint density at radius 1 is 1.42 bits per heavy atom. The van der Waals surface area contributed by atoms with Crippen molar-refractivity contribution in [3.8, 4) is 5.75 Å². The molecule has 1 heterocycles. The van der Waals surface area contributed by atoms with Crippen LogP contribution in [0.15, 0.2) is 18.2 Å². The van der Waals surface area contributed by atoms with Gasteiger partial charge in [0.2, 0.25) is 0 Å². The molecule has 1 aliphatic heterocycles. The number of morpholine rings is 1. The third-order valence-corrected chi connectivity index (χ3v) is 4.60. The number of rotatable bonds is 2. The molecule has 3 nitrogen and oxygen atoms in total. The van der Waals surface area contributed by atoms with Gasteiger partial charge in [0.1, 0.15) is 5.75 Å². The summed E-state index contributed by atoms with van der Waals surface area (Å²) in [5, 5.41) is 9.98. The van der Waals surface area contributed by atoms with E-state index in [9.17, 15) is 5.11 Å². The zero-order valence-corrected chi connectivity index (χ0v) is 11.8. The van der Waals surface area contributed by atoms with Gasteiger partial charge in [-0.05, 0) is 43.4 Å². The molecule has 0 amide bonds. The van der Waals surface area contributed by atoms with E-state index in [-0.39, 0.29) is 0 Å². The van der Waals surface area contributed by atoms with E-state index in [1.54, 1.807) is 6.07 Å². The summed E-state index contributed by atoms with van der Waals surface area (Å²) in [5.41, 5.74) is 2.48. The molecular formula is C16H23NO2. The van der Waals surface area contributed by atoms with E-state index in [0.717, 1.165) is 38.0 Å². The van der Waals surface area contributed by atoms with E-state index in [1.807, 2.05) is 6.07 Å². The molecule has 0 bridgehead atoms. The average Bonchev–Trinajstić information content (AvgIpc) is 2.84. The molecule has 0 spiro atoms. The minimum absolute atomic E-state index is 0.309. The number of fused-ring (bicyclic) bond motifs is 1. The van der Waals surface area contributed by atoms with Crippen LogP contribution in [0, 0.1) is 0 Å². The maximum Gasteiger partial charge on any atom is 0.119 e. The second-order valence-electron chi connectivity index (χ2n) is 5.80. The van der Waals surface area contributed by atoms with Gasteiger partial charge in [0.15, 0.2) is 0 Å². The largest absolute Gasteiger partial charge is 0.508 e. The number of hydrogen-bond acceptors (Lipinski definition) is 3. The van der Waals surface area contributed by atoms with Crippen molar-refractivity contribution in [2.75, 3.05) is 13.2 Å². The summed E-state index contributed by atoms with van der Waals surface area (Å²) < 4.78 is 5.79. The minimum atomic E-state index is 0.309. The van der Waals surface area contributed by atoms with E-state index in [1.165, 1.54) is 5.56 Å². The van der Waals surface area contributed by atoms with Gasteiger partial charge in [-0.15, -0.1) is 0 Å². The lowest BCUT2D eigenvalue weighted by atomic mass is 10.0. The van der Waals surface area contributed by atoms with Crippen LogP contribution in [0.5, 0.6) is 5.75 Å². The fourth-order valence-electron chi connectivity index (χ4n) is 3.56. The lowest BCUT2D eigenvalue weighted by molar-refractivity contribution is -0.0730.